The number of hydrogen-bond donors (Lipinski definition) is 3. The Kier molecular flexibility index (Phi) is 9.21. The summed E-state index contributed by atoms with van der Waals surface area (Å²) in [4.78, 5) is 43.9. The maximum absolute atomic E-state index is 14.0. The van der Waals surface area contributed by atoms with Crippen molar-refractivity contribution in [1.29, 1.82) is 0 Å². The van der Waals surface area contributed by atoms with E-state index in [1.807, 2.05) is 4.90 Å². The molecule has 2 aromatic carbocycles. The van der Waals surface area contributed by atoms with E-state index in [-0.39, 0.29) is 65.7 Å². The van der Waals surface area contributed by atoms with Gasteiger partial charge in [0.05, 0.1) is 30.3 Å². The number of halogens is 1. The third kappa shape index (κ3) is 6.56. The number of carbonyl (C=O) groups is 2. The van der Waals surface area contributed by atoms with Gasteiger partial charge in [0.25, 0.3) is 5.91 Å². The van der Waals surface area contributed by atoms with Gasteiger partial charge in [-0.05, 0) is 37.6 Å². The van der Waals surface area contributed by atoms with Gasteiger partial charge in [0, 0.05) is 55.9 Å². The number of nitrogens with zero attached hydrogens (tertiary/aromatic N) is 4. The maximum atomic E-state index is 14.0. The molecule has 3 N–H and O–H groups in total. The van der Waals surface area contributed by atoms with Crippen molar-refractivity contribution in [3.05, 3.63) is 65.7 Å². The van der Waals surface area contributed by atoms with Crippen LogP contribution in [0.3, 0.4) is 0 Å². The number of rotatable bonds is 10. The molecule has 1 aliphatic rings. The number of aromatic nitrogens is 2. The van der Waals surface area contributed by atoms with Crippen LogP contribution in [-0.4, -0.2) is 97.9 Å². The van der Waals surface area contributed by atoms with E-state index in [9.17, 15) is 33.7 Å². The third-order valence-corrected chi connectivity index (χ3v) is 9.05. The number of pyridine rings is 1. The van der Waals surface area contributed by atoms with Crippen LogP contribution < -0.4 is 0 Å². The Balaban J connectivity index is 1.34. The molecular weight excluding hydrogens is 594 g/mol. The van der Waals surface area contributed by atoms with Gasteiger partial charge in [-0.25, -0.2) is 9.18 Å². The minimum absolute atomic E-state index is 0.0936. The summed E-state index contributed by atoms with van der Waals surface area (Å²) >= 11 is 0. The van der Waals surface area contributed by atoms with Crippen molar-refractivity contribution in [3.63, 3.8) is 0 Å². The molecule has 1 saturated heterocycles. The van der Waals surface area contributed by atoms with Crippen LogP contribution in [0, 0.1) is 5.82 Å². The number of ether oxygens (including phenoxy) is 1. The first kappa shape index (κ1) is 31.4. The molecule has 1 amide bonds. The molecule has 4 aromatic rings. The van der Waals surface area contributed by atoms with Crippen LogP contribution in [0.4, 0.5) is 4.39 Å². The fraction of sp³-hybridized carbons (Fsp3) is 0.367. The first-order valence-corrected chi connectivity index (χ1v) is 16.0. The molecule has 2 aromatic heterocycles. The van der Waals surface area contributed by atoms with Crippen molar-refractivity contribution in [2.75, 3.05) is 45.5 Å². The van der Waals surface area contributed by atoms with E-state index in [0.717, 1.165) is 0 Å². The third-order valence-electron chi connectivity index (χ3n) is 7.64. The lowest BCUT2D eigenvalue weighted by Crippen LogP contribution is -2.49. The summed E-state index contributed by atoms with van der Waals surface area (Å²) in [7, 11) is -4.06. The van der Waals surface area contributed by atoms with E-state index in [1.54, 1.807) is 42.3 Å². The zero-order chi connectivity index (χ0) is 31.6. The van der Waals surface area contributed by atoms with E-state index in [4.69, 9.17) is 9.26 Å². The number of aromatic hydroxyl groups is 2. The standard InChI is InChI=1S/C30H34FN4O8P/c1-3-42-30(39)19(2)43-44(40,41)16-15-33-11-13-34(14-12-33)28(37)24-22-5-4-10-32-26(22)27(36)25-23(24)18-35(29(25)38)17-20-6-8-21(31)9-7-20/h4-10,18-19,36,38H,3,11-17H2,1-2H3,(H,40,41)/t19-/m1/s1. The van der Waals surface area contributed by atoms with Gasteiger partial charge < -0.3 is 29.3 Å². The molecule has 0 spiro atoms. The predicted molar refractivity (Wildman–Crippen MR) is 160 cm³/mol. The first-order chi connectivity index (χ1) is 21.0. The highest BCUT2D eigenvalue weighted by Crippen LogP contribution is 2.44. The first-order valence-electron chi connectivity index (χ1n) is 14.2. The molecule has 2 atom stereocenters. The number of amides is 1. The second kappa shape index (κ2) is 12.9. The topological polar surface area (TPSA) is 155 Å². The van der Waals surface area contributed by atoms with Crippen molar-refractivity contribution in [3.8, 4) is 11.6 Å². The number of esters is 1. The van der Waals surface area contributed by atoms with Gasteiger partial charge >= 0.3 is 13.6 Å². The fourth-order valence-electron chi connectivity index (χ4n) is 5.37. The van der Waals surface area contributed by atoms with Crippen molar-refractivity contribution in [1.82, 2.24) is 19.4 Å². The molecule has 3 heterocycles. The van der Waals surface area contributed by atoms with Gasteiger partial charge in [-0.2, -0.15) is 0 Å². The van der Waals surface area contributed by atoms with Gasteiger partial charge in [0.2, 0.25) is 5.88 Å². The van der Waals surface area contributed by atoms with Crippen LogP contribution in [0.15, 0.2) is 48.8 Å². The average molecular weight is 629 g/mol. The van der Waals surface area contributed by atoms with Crippen LogP contribution in [0.5, 0.6) is 11.6 Å². The lowest BCUT2D eigenvalue weighted by molar-refractivity contribution is -0.150. The van der Waals surface area contributed by atoms with Crippen molar-refractivity contribution in [2.24, 2.45) is 0 Å². The van der Waals surface area contributed by atoms with Gasteiger partial charge in [-0.1, -0.05) is 18.2 Å². The smallest absolute Gasteiger partial charge is 0.335 e. The maximum Gasteiger partial charge on any atom is 0.335 e. The number of phenolic OH excluding ortho intramolecular Hbond substituents is 1. The Hall–Kier alpha value is -4.03. The number of carbonyl (C=O) groups excluding carboxylic acids is 2. The van der Waals surface area contributed by atoms with Crippen molar-refractivity contribution < 1.29 is 42.9 Å². The van der Waals surface area contributed by atoms with Gasteiger partial charge in [0.15, 0.2) is 11.9 Å². The normalized spacial score (nSPS) is 16.2. The summed E-state index contributed by atoms with van der Waals surface area (Å²) < 4.78 is 37.4. The van der Waals surface area contributed by atoms with Crippen molar-refractivity contribution >= 4 is 41.1 Å². The molecule has 12 nitrogen and oxygen atoms in total. The van der Waals surface area contributed by atoms with Crippen LogP contribution >= 0.6 is 7.60 Å². The van der Waals surface area contributed by atoms with Gasteiger partial charge in [-0.3, -0.25) is 23.8 Å². The Morgan fingerprint density at radius 3 is 2.48 bits per heavy atom. The molecule has 0 bridgehead atoms. The highest BCUT2D eigenvalue weighted by Gasteiger charge is 2.31. The van der Waals surface area contributed by atoms with E-state index in [2.05, 4.69) is 4.98 Å². The Labute approximate surface area is 252 Å². The van der Waals surface area contributed by atoms with Gasteiger partial charge in [0.1, 0.15) is 11.3 Å². The lowest BCUT2D eigenvalue weighted by atomic mass is 10.00. The largest absolute Gasteiger partial charge is 0.505 e. The summed E-state index contributed by atoms with van der Waals surface area (Å²) in [6.07, 6.45) is 1.72. The Morgan fingerprint density at radius 1 is 1.09 bits per heavy atom. The van der Waals surface area contributed by atoms with Crippen LogP contribution in [-0.2, 0) is 25.2 Å². The molecular formula is C30H34FN4O8P. The molecule has 1 unspecified atom stereocenters. The molecule has 1 aliphatic heterocycles. The van der Waals surface area contributed by atoms with Gasteiger partial charge in [-0.15, -0.1) is 0 Å². The van der Waals surface area contributed by atoms with E-state index in [1.165, 1.54) is 29.8 Å². The highest BCUT2D eigenvalue weighted by molar-refractivity contribution is 7.52. The summed E-state index contributed by atoms with van der Waals surface area (Å²) in [6.45, 7) is 5.02. The average Bonchev–Trinajstić information content (AvgIpc) is 3.32. The second-order valence-corrected chi connectivity index (χ2v) is 12.5. The Bertz CT molecular complexity index is 1740. The number of piperazine rings is 1. The number of benzene rings is 2. The monoisotopic (exact) mass is 628 g/mol. The number of hydrogen-bond acceptors (Lipinski definition) is 9. The molecule has 0 saturated carbocycles. The molecule has 1 fully saturated rings. The van der Waals surface area contributed by atoms with E-state index in [0.29, 0.717) is 42.5 Å². The van der Waals surface area contributed by atoms with Crippen LogP contribution in [0.2, 0.25) is 0 Å². The minimum atomic E-state index is -4.06. The highest BCUT2D eigenvalue weighted by atomic mass is 31.2. The minimum Gasteiger partial charge on any atom is -0.505 e. The summed E-state index contributed by atoms with van der Waals surface area (Å²) in [5.74, 6) is -1.91. The molecule has 0 aliphatic carbocycles. The quantitative estimate of drug-likeness (QED) is 0.175. The number of phenols is 1. The molecule has 14 heteroatoms. The number of fused-ring (bicyclic) bond motifs is 2. The van der Waals surface area contributed by atoms with Crippen molar-refractivity contribution in [2.45, 2.75) is 26.5 Å². The fourth-order valence-corrected chi connectivity index (χ4v) is 6.59. The summed E-state index contributed by atoms with van der Waals surface area (Å²) in [6, 6.07) is 9.16. The zero-order valence-corrected chi connectivity index (χ0v) is 25.2. The zero-order valence-electron chi connectivity index (χ0n) is 24.3. The van der Waals surface area contributed by atoms with E-state index < -0.39 is 19.7 Å². The molecule has 234 valence electrons. The SMILES string of the molecule is CCOC(=O)[C@@H](C)OP(=O)(O)CCN1CCN(C(=O)c2c3cccnc3c(O)c3c(O)n(Cc4ccc(F)cc4)cc23)CC1. The second-order valence-electron chi connectivity index (χ2n) is 10.6. The van der Waals surface area contributed by atoms with Crippen LogP contribution in [0.25, 0.3) is 21.7 Å². The predicted octanol–water partition coefficient (Wildman–Crippen LogP) is 3.70. The molecule has 0 radical (unpaired) electrons. The lowest BCUT2D eigenvalue weighted by Gasteiger charge is -2.35. The Morgan fingerprint density at radius 2 is 1.80 bits per heavy atom. The molecule has 5 rings (SSSR count). The molecule has 44 heavy (non-hydrogen) atoms. The summed E-state index contributed by atoms with van der Waals surface area (Å²) in [5.41, 5.74) is 1.16. The van der Waals surface area contributed by atoms with E-state index >= 15 is 0 Å². The summed E-state index contributed by atoms with van der Waals surface area (Å²) in [5, 5.41) is 23.1. The van der Waals surface area contributed by atoms with Crippen LogP contribution in [0.1, 0.15) is 29.8 Å².